The zero-order valence-electron chi connectivity index (χ0n) is 21.5. The SMILES string of the molecule is COc1ccc([C@@H]2c3ccc(OC)cc3C=C(c3ccc(C(F)(F)F)cc3)[C@H]2c2ccc(C(F)(F)F)cc2)cc1. The van der Waals surface area contributed by atoms with Crippen LogP contribution in [0.2, 0.25) is 0 Å². The first-order valence-corrected chi connectivity index (χ1v) is 12.4. The minimum atomic E-state index is -4.50. The molecule has 0 unspecified atom stereocenters. The third-order valence-corrected chi connectivity index (χ3v) is 7.23. The van der Waals surface area contributed by atoms with E-state index in [9.17, 15) is 26.3 Å². The van der Waals surface area contributed by atoms with E-state index in [1.54, 1.807) is 19.2 Å². The molecule has 206 valence electrons. The fourth-order valence-corrected chi connectivity index (χ4v) is 5.25. The molecule has 40 heavy (non-hydrogen) atoms. The molecule has 4 aromatic rings. The zero-order chi connectivity index (χ0) is 28.7. The second kappa shape index (κ2) is 10.4. The van der Waals surface area contributed by atoms with E-state index in [0.29, 0.717) is 28.2 Å². The molecule has 0 saturated carbocycles. The van der Waals surface area contributed by atoms with Crippen LogP contribution in [0.1, 0.15) is 50.8 Å². The molecular weight excluding hydrogens is 530 g/mol. The first-order chi connectivity index (χ1) is 19.0. The van der Waals surface area contributed by atoms with Crippen LogP contribution in [0.25, 0.3) is 11.6 Å². The first kappa shape index (κ1) is 27.4. The van der Waals surface area contributed by atoms with Crippen molar-refractivity contribution in [1.82, 2.24) is 0 Å². The second-order valence-corrected chi connectivity index (χ2v) is 9.52. The largest absolute Gasteiger partial charge is 0.497 e. The molecule has 0 saturated heterocycles. The topological polar surface area (TPSA) is 18.5 Å². The molecule has 0 bridgehead atoms. The maximum absolute atomic E-state index is 13.4. The Morgan fingerprint density at radius 2 is 1.02 bits per heavy atom. The Kier molecular flexibility index (Phi) is 7.12. The maximum Gasteiger partial charge on any atom is 0.416 e. The van der Waals surface area contributed by atoms with E-state index >= 15 is 0 Å². The van der Waals surface area contributed by atoms with Crippen molar-refractivity contribution in [3.8, 4) is 11.5 Å². The van der Waals surface area contributed by atoms with Gasteiger partial charge in [-0.3, -0.25) is 0 Å². The third kappa shape index (κ3) is 5.30. The smallest absolute Gasteiger partial charge is 0.416 e. The molecule has 4 aromatic carbocycles. The Hall–Kier alpha value is -4.20. The molecule has 0 fully saturated rings. The normalized spacial score (nSPS) is 17.1. The number of rotatable bonds is 5. The highest BCUT2D eigenvalue weighted by atomic mass is 19.4. The van der Waals surface area contributed by atoms with Crippen LogP contribution in [0, 0.1) is 0 Å². The number of methoxy groups -OCH3 is 2. The average molecular weight is 555 g/mol. The standard InChI is InChI=1S/C32H24F6O2/c1-39-25-13-7-21(8-14-25)29-27-16-15-26(40-2)17-22(27)18-28(19-3-9-23(10-4-19)31(33,34)35)30(29)20-5-11-24(12-6-20)32(36,37)38/h3-18,29-30H,1-2H3/t29-,30-/m1/s1. The highest BCUT2D eigenvalue weighted by Gasteiger charge is 2.37. The van der Waals surface area contributed by atoms with Crippen molar-refractivity contribution in [3.05, 3.63) is 130 Å². The second-order valence-electron chi connectivity index (χ2n) is 9.52. The van der Waals surface area contributed by atoms with Gasteiger partial charge in [0.15, 0.2) is 0 Å². The average Bonchev–Trinajstić information content (AvgIpc) is 2.95. The lowest BCUT2D eigenvalue weighted by atomic mass is 9.67. The van der Waals surface area contributed by atoms with Crippen LogP contribution in [0.4, 0.5) is 26.3 Å². The Balaban J connectivity index is 1.74. The number of fused-ring (bicyclic) bond motifs is 1. The molecule has 2 nitrogen and oxygen atoms in total. The van der Waals surface area contributed by atoms with Gasteiger partial charge in [-0.25, -0.2) is 0 Å². The van der Waals surface area contributed by atoms with E-state index in [1.807, 2.05) is 36.4 Å². The summed E-state index contributed by atoms with van der Waals surface area (Å²) >= 11 is 0. The van der Waals surface area contributed by atoms with Crippen LogP contribution in [0.5, 0.6) is 11.5 Å². The number of hydrogen-bond acceptors (Lipinski definition) is 2. The molecule has 0 spiro atoms. The van der Waals surface area contributed by atoms with E-state index in [4.69, 9.17) is 9.47 Å². The van der Waals surface area contributed by atoms with Crippen LogP contribution < -0.4 is 9.47 Å². The number of alkyl halides is 6. The Labute approximate surface area is 227 Å². The van der Waals surface area contributed by atoms with E-state index < -0.39 is 29.4 Å². The summed E-state index contributed by atoms with van der Waals surface area (Å²) in [5.41, 5.74) is 2.83. The van der Waals surface area contributed by atoms with E-state index in [0.717, 1.165) is 41.0 Å². The quantitative estimate of drug-likeness (QED) is 0.229. The highest BCUT2D eigenvalue weighted by molar-refractivity contribution is 5.90. The lowest BCUT2D eigenvalue weighted by Crippen LogP contribution is -2.20. The summed E-state index contributed by atoms with van der Waals surface area (Å²) in [6.07, 6.45) is -7.13. The van der Waals surface area contributed by atoms with Gasteiger partial charge in [-0.1, -0.05) is 48.5 Å². The maximum atomic E-state index is 13.4. The van der Waals surface area contributed by atoms with Crippen LogP contribution in [0.15, 0.2) is 91.0 Å². The summed E-state index contributed by atoms with van der Waals surface area (Å²) in [6, 6.07) is 22.8. The van der Waals surface area contributed by atoms with Crippen molar-refractivity contribution < 1.29 is 35.8 Å². The van der Waals surface area contributed by atoms with Gasteiger partial charge < -0.3 is 9.47 Å². The van der Waals surface area contributed by atoms with Crippen molar-refractivity contribution in [3.63, 3.8) is 0 Å². The van der Waals surface area contributed by atoms with Gasteiger partial charge in [-0.2, -0.15) is 26.3 Å². The van der Waals surface area contributed by atoms with Crippen LogP contribution in [0.3, 0.4) is 0 Å². The fourth-order valence-electron chi connectivity index (χ4n) is 5.25. The van der Waals surface area contributed by atoms with Gasteiger partial charge in [0, 0.05) is 11.8 Å². The predicted octanol–water partition coefficient (Wildman–Crippen LogP) is 9.21. The van der Waals surface area contributed by atoms with Crippen LogP contribution in [-0.4, -0.2) is 14.2 Å². The molecule has 1 aliphatic carbocycles. The summed E-state index contributed by atoms with van der Waals surface area (Å²) in [5.74, 6) is 0.362. The number of halogens is 6. The van der Waals surface area contributed by atoms with Gasteiger partial charge in [0.25, 0.3) is 0 Å². The molecular formula is C32H24F6O2. The van der Waals surface area contributed by atoms with Gasteiger partial charge in [0.1, 0.15) is 11.5 Å². The summed E-state index contributed by atoms with van der Waals surface area (Å²) < 4.78 is 90.9. The monoisotopic (exact) mass is 554 g/mol. The molecule has 0 heterocycles. The van der Waals surface area contributed by atoms with Crippen LogP contribution >= 0.6 is 0 Å². The molecule has 0 N–H and O–H groups in total. The highest BCUT2D eigenvalue weighted by Crippen LogP contribution is 2.52. The molecule has 0 aliphatic heterocycles. The van der Waals surface area contributed by atoms with Crippen molar-refractivity contribution in [2.75, 3.05) is 14.2 Å². The predicted molar refractivity (Wildman–Crippen MR) is 141 cm³/mol. The van der Waals surface area contributed by atoms with Gasteiger partial charge in [0.05, 0.1) is 25.3 Å². The number of ether oxygens (including phenoxy) is 2. The molecule has 0 aromatic heterocycles. The molecule has 0 amide bonds. The summed E-state index contributed by atoms with van der Waals surface area (Å²) in [4.78, 5) is 0. The van der Waals surface area contributed by atoms with Crippen molar-refractivity contribution in [2.24, 2.45) is 0 Å². The minimum Gasteiger partial charge on any atom is -0.497 e. The van der Waals surface area contributed by atoms with Gasteiger partial charge in [-0.05, 0) is 81.9 Å². The molecule has 2 atom stereocenters. The van der Waals surface area contributed by atoms with E-state index in [2.05, 4.69) is 0 Å². The van der Waals surface area contributed by atoms with E-state index in [-0.39, 0.29) is 5.92 Å². The van der Waals surface area contributed by atoms with Crippen molar-refractivity contribution in [2.45, 2.75) is 24.2 Å². The van der Waals surface area contributed by atoms with E-state index in [1.165, 1.54) is 31.4 Å². The van der Waals surface area contributed by atoms with Crippen molar-refractivity contribution >= 4 is 11.6 Å². The number of allylic oxidation sites excluding steroid dienone is 1. The minimum absolute atomic E-state index is 0.370. The summed E-state index contributed by atoms with van der Waals surface area (Å²) in [6.45, 7) is 0. The number of benzene rings is 4. The van der Waals surface area contributed by atoms with Gasteiger partial charge in [0.2, 0.25) is 0 Å². The van der Waals surface area contributed by atoms with Gasteiger partial charge in [-0.15, -0.1) is 0 Å². The number of hydrogen-bond donors (Lipinski definition) is 0. The summed E-state index contributed by atoms with van der Waals surface area (Å²) in [5, 5.41) is 0. The first-order valence-electron chi connectivity index (χ1n) is 12.4. The third-order valence-electron chi connectivity index (χ3n) is 7.23. The van der Waals surface area contributed by atoms with Gasteiger partial charge >= 0.3 is 12.4 Å². The van der Waals surface area contributed by atoms with Crippen molar-refractivity contribution in [1.29, 1.82) is 0 Å². The zero-order valence-corrected chi connectivity index (χ0v) is 21.5. The Morgan fingerprint density at radius 1 is 0.550 bits per heavy atom. The Bertz CT molecular complexity index is 1520. The van der Waals surface area contributed by atoms with Crippen LogP contribution in [-0.2, 0) is 12.4 Å². The fraction of sp³-hybridized carbons (Fsp3) is 0.188. The molecule has 0 radical (unpaired) electrons. The Morgan fingerprint density at radius 3 is 1.55 bits per heavy atom. The molecule has 8 heteroatoms. The molecule has 1 aliphatic rings. The molecule has 5 rings (SSSR count). The lowest BCUT2D eigenvalue weighted by molar-refractivity contribution is -0.138. The summed E-state index contributed by atoms with van der Waals surface area (Å²) in [7, 11) is 3.09. The lowest BCUT2D eigenvalue weighted by Gasteiger charge is -2.36.